The summed E-state index contributed by atoms with van der Waals surface area (Å²) < 4.78 is 25.3. The lowest BCUT2D eigenvalue weighted by Gasteiger charge is -2.21. The normalized spacial score (nSPS) is 17.3. The molecule has 1 aromatic carbocycles. The van der Waals surface area contributed by atoms with Gasteiger partial charge in [-0.25, -0.2) is 12.7 Å². The quantitative estimate of drug-likeness (QED) is 0.836. The molecule has 1 heterocycles. The van der Waals surface area contributed by atoms with E-state index in [1.54, 1.807) is 24.0 Å². The van der Waals surface area contributed by atoms with Gasteiger partial charge in [0, 0.05) is 31.2 Å². The van der Waals surface area contributed by atoms with Crippen LogP contribution in [0.4, 0.5) is 0 Å². The van der Waals surface area contributed by atoms with Crippen molar-refractivity contribution in [2.24, 2.45) is 0 Å². The topological polar surface area (TPSA) is 57.7 Å². The Bertz CT molecular complexity index is 616. The first-order valence-corrected chi connectivity index (χ1v) is 9.41. The maximum atomic E-state index is 12.4. The second-order valence-corrected chi connectivity index (χ2v) is 8.03. The van der Waals surface area contributed by atoms with Crippen LogP contribution in [0.15, 0.2) is 24.3 Å². The van der Waals surface area contributed by atoms with E-state index >= 15 is 0 Å². The lowest BCUT2D eigenvalue weighted by atomic mass is 10.1. The molecule has 1 saturated heterocycles. The molecule has 0 aliphatic carbocycles. The fraction of sp³-hybridized carbons (Fsp3) is 0.533. The van der Waals surface area contributed by atoms with Crippen LogP contribution in [-0.4, -0.2) is 55.5 Å². The molecule has 0 spiro atoms. The first-order valence-electron chi connectivity index (χ1n) is 7.42. The standard InChI is InChI=1S/C15H21ClN2O3S/c1-2-22(20,21)18-9-3-8-17(10-11-18)15(19)12-13-4-6-14(16)7-5-13/h4-7H,2-3,8-12H2,1H3. The Morgan fingerprint density at radius 2 is 1.82 bits per heavy atom. The lowest BCUT2D eigenvalue weighted by molar-refractivity contribution is -0.130. The molecular weight excluding hydrogens is 324 g/mol. The van der Waals surface area contributed by atoms with Gasteiger partial charge in [0.05, 0.1) is 12.2 Å². The third-order valence-electron chi connectivity index (χ3n) is 3.83. The SMILES string of the molecule is CCS(=O)(=O)N1CCCN(C(=O)Cc2ccc(Cl)cc2)CC1. The van der Waals surface area contributed by atoms with Gasteiger partial charge in [0.1, 0.15) is 0 Å². The number of halogens is 1. The van der Waals surface area contributed by atoms with E-state index in [1.165, 1.54) is 4.31 Å². The van der Waals surface area contributed by atoms with Crippen molar-refractivity contribution < 1.29 is 13.2 Å². The number of amides is 1. The van der Waals surface area contributed by atoms with Crippen LogP contribution in [0, 0.1) is 0 Å². The zero-order valence-corrected chi connectivity index (χ0v) is 14.2. The lowest BCUT2D eigenvalue weighted by Crippen LogP contribution is -2.38. The monoisotopic (exact) mass is 344 g/mol. The van der Waals surface area contributed by atoms with Crippen LogP contribution < -0.4 is 0 Å². The van der Waals surface area contributed by atoms with Gasteiger partial charge in [-0.05, 0) is 31.0 Å². The van der Waals surface area contributed by atoms with Gasteiger partial charge in [0.15, 0.2) is 0 Å². The van der Waals surface area contributed by atoms with Gasteiger partial charge in [-0.3, -0.25) is 4.79 Å². The van der Waals surface area contributed by atoms with Crippen LogP contribution in [0.2, 0.25) is 5.02 Å². The van der Waals surface area contributed by atoms with E-state index in [2.05, 4.69) is 0 Å². The molecule has 1 aliphatic rings. The van der Waals surface area contributed by atoms with Crippen LogP contribution in [0.1, 0.15) is 18.9 Å². The van der Waals surface area contributed by atoms with Crippen molar-refractivity contribution in [3.8, 4) is 0 Å². The van der Waals surface area contributed by atoms with Gasteiger partial charge >= 0.3 is 0 Å². The third-order valence-corrected chi connectivity index (χ3v) is 5.97. The van der Waals surface area contributed by atoms with Crippen LogP contribution in [0.3, 0.4) is 0 Å². The number of benzene rings is 1. The predicted molar refractivity (Wildman–Crippen MR) is 87.4 cm³/mol. The highest BCUT2D eigenvalue weighted by atomic mass is 35.5. The summed E-state index contributed by atoms with van der Waals surface area (Å²) in [6, 6.07) is 7.21. The van der Waals surface area contributed by atoms with E-state index in [9.17, 15) is 13.2 Å². The molecule has 0 atom stereocenters. The molecule has 0 saturated carbocycles. The van der Waals surface area contributed by atoms with Crippen molar-refractivity contribution in [3.63, 3.8) is 0 Å². The second-order valence-electron chi connectivity index (χ2n) is 5.34. The number of carbonyl (C=O) groups is 1. The largest absolute Gasteiger partial charge is 0.341 e. The number of nitrogens with zero attached hydrogens (tertiary/aromatic N) is 2. The Balaban J connectivity index is 1.96. The van der Waals surface area contributed by atoms with Gasteiger partial charge in [-0.15, -0.1) is 0 Å². The highest BCUT2D eigenvalue weighted by Gasteiger charge is 2.25. The minimum atomic E-state index is -3.18. The Morgan fingerprint density at radius 1 is 1.14 bits per heavy atom. The fourth-order valence-corrected chi connectivity index (χ4v) is 3.75. The molecule has 0 N–H and O–H groups in total. The summed E-state index contributed by atoms with van der Waals surface area (Å²) in [4.78, 5) is 14.1. The van der Waals surface area contributed by atoms with Gasteiger partial charge in [0.2, 0.25) is 15.9 Å². The molecule has 22 heavy (non-hydrogen) atoms. The van der Waals surface area contributed by atoms with Crippen molar-refractivity contribution in [1.29, 1.82) is 0 Å². The van der Waals surface area contributed by atoms with E-state index in [0.29, 0.717) is 44.0 Å². The molecule has 2 rings (SSSR count). The molecular formula is C15H21ClN2O3S. The molecule has 0 bridgehead atoms. The number of carbonyl (C=O) groups excluding carboxylic acids is 1. The summed E-state index contributed by atoms with van der Waals surface area (Å²) >= 11 is 5.83. The first-order chi connectivity index (χ1) is 10.4. The van der Waals surface area contributed by atoms with Crippen molar-refractivity contribution >= 4 is 27.5 Å². The van der Waals surface area contributed by atoms with Crippen LogP contribution in [-0.2, 0) is 21.2 Å². The Labute approximate surface area is 136 Å². The summed E-state index contributed by atoms with van der Waals surface area (Å²) in [7, 11) is -3.18. The summed E-state index contributed by atoms with van der Waals surface area (Å²) in [5, 5.41) is 0.645. The van der Waals surface area contributed by atoms with E-state index in [-0.39, 0.29) is 11.7 Å². The Hall–Kier alpha value is -1.11. The second kappa shape index (κ2) is 7.44. The minimum absolute atomic E-state index is 0.0260. The molecule has 0 radical (unpaired) electrons. The smallest absolute Gasteiger partial charge is 0.227 e. The van der Waals surface area contributed by atoms with Gasteiger partial charge in [-0.1, -0.05) is 23.7 Å². The third kappa shape index (κ3) is 4.44. The molecule has 1 fully saturated rings. The van der Waals surface area contributed by atoms with Crippen LogP contribution in [0.25, 0.3) is 0 Å². The molecule has 1 aromatic rings. The average Bonchev–Trinajstić information content (AvgIpc) is 2.76. The zero-order valence-electron chi connectivity index (χ0n) is 12.7. The maximum absolute atomic E-state index is 12.4. The molecule has 0 unspecified atom stereocenters. The van der Waals surface area contributed by atoms with E-state index in [4.69, 9.17) is 11.6 Å². The van der Waals surface area contributed by atoms with Gasteiger partial charge < -0.3 is 4.90 Å². The van der Waals surface area contributed by atoms with Crippen molar-refractivity contribution in [1.82, 2.24) is 9.21 Å². The van der Waals surface area contributed by atoms with Crippen LogP contribution >= 0.6 is 11.6 Å². The van der Waals surface area contributed by atoms with Crippen LogP contribution in [0.5, 0.6) is 0 Å². The number of rotatable bonds is 4. The molecule has 0 aromatic heterocycles. The van der Waals surface area contributed by atoms with Crippen molar-refractivity contribution in [2.45, 2.75) is 19.8 Å². The molecule has 1 amide bonds. The van der Waals surface area contributed by atoms with Crippen molar-refractivity contribution in [3.05, 3.63) is 34.9 Å². The van der Waals surface area contributed by atoms with E-state index in [0.717, 1.165) is 5.56 Å². The van der Waals surface area contributed by atoms with Gasteiger partial charge in [-0.2, -0.15) is 0 Å². The minimum Gasteiger partial charge on any atom is -0.341 e. The van der Waals surface area contributed by atoms with E-state index in [1.807, 2.05) is 12.1 Å². The summed E-state index contributed by atoms with van der Waals surface area (Å²) in [5.74, 6) is 0.129. The molecule has 7 heteroatoms. The maximum Gasteiger partial charge on any atom is 0.227 e. The fourth-order valence-electron chi connectivity index (χ4n) is 2.49. The Morgan fingerprint density at radius 3 is 2.45 bits per heavy atom. The highest BCUT2D eigenvalue weighted by molar-refractivity contribution is 7.89. The van der Waals surface area contributed by atoms with E-state index < -0.39 is 10.0 Å². The molecule has 1 aliphatic heterocycles. The van der Waals surface area contributed by atoms with Crippen molar-refractivity contribution in [2.75, 3.05) is 31.9 Å². The predicted octanol–water partition coefficient (Wildman–Crippen LogP) is 1.77. The molecule has 122 valence electrons. The number of hydrogen-bond donors (Lipinski definition) is 0. The average molecular weight is 345 g/mol. The first kappa shape index (κ1) is 17.2. The number of sulfonamides is 1. The van der Waals surface area contributed by atoms with Gasteiger partial charge in [0.25, 0.3) is 0 Å². The highest BCUT2D eigenvalue weighted by Crippen LogP contribution is 2.13. The summed E-state index contributed by atoms with van der Waals surface area (Å²) in [6.07, 6.45) is 0.989. The summed E-state index contributed by atoms with van der Waals surface area (Å²) in [6.45, 7) is 3.56. The zero-order chi connectivity index (χ0) is 16.2. The Kier molecular flexibility index (Phi) is 5.83. The molecule has 5 nitrogen and oxygen atoms in total. The number of hydrogen-bond acceptors (Lipinski definition) is 3. The summed E-state index contributed by atoms with van der Waals surface area (Å²) in [5.41, 5.74) is 0.914.